The molecule has 11 atom stereocenters. The third-order valence-corrected chi connectivity index (χ3v) is 13.8. The van der Waals surface area contributed by atoms with E-state index in [-0.39, 0.29) is 65.4 Å². The summed E-state index contributed by atoms with van der Waals surface area (Å²) < 4.78 is 29.1. The van der Waals surface area contributed by atoms with Gasteiger partial charge in [0.05, 0.1) is 50.3 Å². The van der Waals surface area contributed by atoms with E-state index in [2.05, 4.69) is 20.8 Å². The molecule has 3 fully saturated rings. The van der Waals surface area contributed by atoms with E-state index in [1.807, 2.05) is 6.92 Å². The van der Waals surface area contributed by atoms with Crippen LogP contribution < -0.4 is 5.32 Å². The number of nitrogens with one attached hydrogen (secondary N) is 1. The van der Waals surface area contributed by atoms with Crippen molar-refractivity contribution in [1.29, 1.82) is 0 Å². The summed E-state index contributed by atoms with van der Waals surface area (Å²) in [4.78, 5) is 73.5. The molecule has 3 saturated heterocycles. The number of benzene rings is 1. The lowest BCUT2D eigenvalue weighted by Crippen LogP contribution is -2.82. The lowest BCUT2D eigenvalue weighted by Gasteiger charge is -2.55. The number of carboxylic acids is 3. The summed E-state index contributed by atoms with van der Waals surface area (Å²) in [7, 11) is 2.71. The number of aliphatic carboxylic acids is 3. The first-order valence-electron chi connectivity index (χ1n) is 23.2. The van der Waals surface area contributed by atoms with Gasteiger partial charge in [0, 0.05) is 44.2 Å². The predicted molar refractivity (Wildman–Crippen MR) is 246 cm³/mol. The van der Waals surface area contributed by atoms with Crippen LogP contribution >= 0.6 is 11.8 Å². The number of phenols is 1. The Labute approximate surface area is 413 Å². The zero-order chi connectivity index (χ0) is 52.2. The van der Waals surface area contributed by atoms with Gasteiger partial charge in [-0.1, -0.05) is 62.1 Å². The zero-order valence-corrected chi connectivity index (χ0v) is 40.9. The van der Waals surface area contributed by atoms with Crippen LogP contribution in [0.25, 0.3) is 0 Å². The molecular weight excluding hydrogens is 957 g/mol. The van der Waals surface area contributed by atoms with E-state index in [4.69, 9.17) is 28.8 Å². The number of hydrogen-bond donors (Lipinski definition) is 8. The fourth-order valence-corrected chi connectivity index (χ4v) is 9.31. The van der Waals surface area contributed by atoms with Gasteiger partial charge in [-0.05, 0) is 73.2 Å². The van der Waals surface area contributed by atoms with Gasteiger partial charge >= 0.3 is 23.9 Å². The Bertz CT molecular complexity index is 2260. The minimum absolute atomic E-state index is 0.0160. The van der Waals surface area contributed by atoms with Crippen molar-refractivity contribution in [3.05, 3.63) is 52.7 Å². The Kier molecular flexibility index (Phi) is 20.4. The quantitative estimate of drug-likeness (QED) is 0.0102. The normalized spacial score (nSPS) is 26.2. The first-order valence-corrected chi connectivity index (χ1v) is 24.2. The number of carbonyl (C=O) groups is 6. The van der Waals surface area contributed by atoms with E-state index in [9.17, 15) is 59.4 Å². The molecule has 0 bridgehead atoms. The van der Waals surface area contributed by atoms with Crippen molar-refractivity contribution in [3.8, 4) is 5.75 Å². The van der Waals surface area contributed by atoms with E-state index in [0.29, 0.717) is 43.2 Å². The van der Waals surface area contributed by atoms with Crippen molar-refractivity contribution < 1.29 is 88.2 Å². The van der Waals surface area contributed by atoms with Crippen LogP contribution in [0, 0.1) is 11.8 Å². The molecule has 392 valence electrons. The number of aromatic nitrogens is 4. The summed E-state index contributed by atoms with van der Waals surface area (Å²) in [5.74, 6) is -8.15. The molecule has 0 aliphatic carbocycles. The van der Waals surface area contributed by atoms with Crippen molar-refractivity contribution in [2.75, 3.05) is 32.7 Å². The highest BCUT2D eigenvalue weighted by atomic mass is 32.2. The Hall–Kier alpha value is -5.54. The molecule has 5 heterocycles. The van der Waals surface area contributed by atoms with Gasteiger partial charge in [0.25, 0.3) is 11.6 Å². The molecule has 1 aromatic carbocycles. The number of unbranched alkanes of at least 4 members (excludes halogenated alkanes) is 5. The smallest absolute Gasteiger partial charge is 0.352 e. The second kappa shape index (κ2) is 25.7. The molecule has 1 aromatic heterocycles. The Morgan fingerprint density at radius 1 is 0.986 bits per heavy atom. The maximum atomic E-state index is 13.2. The second-order valence-corrected chi connectivity index (χ2v) is 18.9. The molecule has 24 nitrogen and oxygen atoms in total. The highest BCUT2D eigenvalue weighted by Gasteiger charge is 2.68. The van der Waals surface area contributed by atoms with Gasteiger partial charge in [-0.3, -0.25) is 24.1 Å². The Balaban J connectivity index is 0.000000264. The average molecular weight is 1020 g/mol. The van der Waals surface area contributed by atoms with Gasteiger partial charge < -0.3 is 64.7 Å². The summed E-state index contributed by atoms with van der Waals surface area (Å²) in [5, 5.41) is 82.1. The molecule has 71 heavy (non-hydrogen) atoms. The number of phenolic OH excluding ortho intramolecular Hbond substituents is 1. The number of carbonyl (C=O) groups excluding carboxylic acids is 3. The number of ether oxygens (including phenoxy) is 5. The molecule has 8 N–H and O–H groups in total. The summed E-state index contributed by atoms with van der Waals surface area (Å²) in [6.45, 7) is 5.85. The molecule has 4 aliphatic rings. The summed E-state index contributed by atoms with van der Waals surface area (Å²) >= 11 is 1.14. The second-order valence-electron chi connectivity index (χ2n) is 18.0. The van der Waals surface area contributed by atoms with Crippen molar-refractivity contribution >= 4 is 47.5 Å². The Morgan fingerprint density at radius 2 is 1.66 bits per heavy atom. The van der Waals surface area contributed by atoms with Crippen LogP contribution in [0.3, 0.4) is 0 Å². The zero-order valence-electron chi connectivity index (χ0n) is 40.1. The van der Waals surface area contributed by atoms with Crippen LogP contribution in [-0.4, -0.2) is 178 Å². The Morgan fingerprint density at radius 3 is 2.27 bits per heavy atom. The molecule has 1 unspecified atom stereocenters. The number of esters is 1. The van der Waals surface area contributed by atoms with Crippen LogP contribution in [0.1, 0.15) is 90.0 Å². The minimum atomic E-state index is -2.14. The van der Waals surface area contributed by atoms with Crippen LogP contribution in [0.5, 0.6) is 5.75 Å². The molecule has 2 aromatic rings. The molecule has 0 radical (unpaired) electrons. The van der Waals surface area contributed by atoms with E-state index < -0.39 is 78.0 Å². The van der Waals surface area contributed by atoms with E-state index in [1.165, 1.54) is 35.0 Å². The fraction of sp³-hybridized carbons (Fsp3) is 0.630. The molecule has 4 aliphatic heterocycles. The molecule has 0 saturated carbocycles. The van der Waals surface area contributed by atoms with E-state index in [0.717, 1.165) is 55.9 Å². The number of aryl methyl sites for hydroxylation is 1. The van der Waals surface area contributed by atoms with Gasteiger partial charge in [-0.2, -0.15) is 0 Å². The summed E-state index contributed by atoms with van der Waals surface area (Å²) in [5.41, 5.74) is -1.47. The molecular formula is C46H64N6O18S. The third kappa shape index (κ3) is 14.6. The van der Waals surface area contributed by atoms with Crippen molar-refractivity contribution in [3.63, 3.8) is 0 Å². The number of nitrogens with zero attached hydrogens (tertiary/aromatic N) is 5. The lowest BCUT2D eigenvalue weighted by molar-refractivity contribution is -0.258. The molecule has 0 spiro atoms. The topological polar surface area (TPSA) is 352 Å². The molecule has 2 amide bonds. The maximum absolute atomic E-state index is 13.2. The number of amides is 2. The van der Waals surface area contributed by atoms with Gasteiger partial charge in [0.1, 0.15) is 17.6 Å². The maximum Gasteiger partial charge on any atom is 0.352 e. The SMILES string of the molecule is C/C(=C\C(=O)OCCCCCCCCC(=O)O)C[C@@H]1OC[C@H](C[C@@H]2O[C@H]2[C@@H](C)[C@H](C)O)[C@@H](O)[C@H]1O.CO[C@@]1(NC(=O)C(C(=O)O)c2ccc(O)cc2)C(=O)N2C(C(=O)O)=C(CSc3nnnn3C)CO[C@@H]21. The van der Waals surface area contributed by atoms with E-state index >= 15 is 0 Å². The first kappa shape index (κ1) is 56.4. The minimum Gasteiger partial charge on any atom is -0.508 e. The number of epoxide rings is 1. The number of rotatable bonds is 25. The number of hydrogen-bond acceptors (Lipinski definition) is 19. The number of tetrazole rings is 1. The summed E-state index contributed by atoms with van der Waals surface area (Å²) in [6.07, 6.45) is 3.26. The molecule has 25 heteroatoms. The van der Waals surface area contributed by atoms with Crippen molar-refractivity contribution in [2.24, 2.45) is 18.9 Å². The lowest BCUT2D eigenvalue weighted by atomic mass is 9.85. The van der Waals surface area contributed by atoms with Crippen LogP contribution in [0.15, 0.2) is 52.3 Å². The van der Waals surface area contributed by atoms with Crippen LogP contribution in [0.2, 0.25) is 0 Å². The van der Waals surface area contributed by atoms with Gasteiger partial charge in [0.15, 0.2) is 12.1 Å². The van der Waals surface area contributed by atoms with Crippen LogP contribution in [0.4, 0.5) is 0 Å². The number of aromatic hydroxyl groups is 1. The molecule has 6 rings (SSSR count). The van der Waals surface area contributed by atoms with Crippen molar-refractivity contribution in [1.82, 2.24) is 30.4 Å². The van der Waals surface area contributed by atoms with Gasteiger partial charge in [0.2, 0.25) is 11.1 Å². The van der Waals surface area contributed by atoms with Crippen molar-refractivity contribution in [2.45, 2.75) is 138 Å². The standard InChI is InChI=1S/C26H44O9.C20H20N6O9S/c1-16(13-23(30)33-11-9-7-5-4-6-8-10-22(28)29)12-20-25(32)24(31)19(15-34-20)14-21-26(35-21)17(2)18(3)27;1-25-19(22-23-24-25)36-8-10-7-35-18-20(34-2,17(33)26(18)13(10)16(31)32)21-14(28)12(15(29)30)9-3-5-11(27)6-4-9/h13,17-21,24-27,31-32H,4-12,14-15H2,1-3H3,(H,28,29);3-6,12,18,27H,7-8H2,1-2H3,(H,21,28)(H,29,30)(H,31,32)/b16-13+;/t17-,18-,19-,20-,21-,24+,25-,26-;12?,18-,20+/m01/s1. The first-order chi connectivity index (χ1) is 33.7. The number of fused-ring (bicyclic) bond motifs is 1. The number of aliphatic hydroxyl groups excluding tert-OH is 3. The summed E-state index contributed by atoms with van der Waals surface area (Å²) in [6, 6.07) is 4.93. The highest BCUT2D eigenvalue weighted by Crippen LogP contribution is 2.42. The average Bonchev–Trinajstić information content (AvgIpc) is 3.97. The number of carboxylic acid groups (broad SMARTS) is 3. The highest BCUT2D eigenvalue weighted by molar-refractivity contribution is 7.99. The number of thioether (sulfide) groups is 1. The number of β-lactam (4-membered cyclic amide) rings is 1. The van der Waals surface area contributed by atoms with Gasteiger partial charge in [-0.25, -0.2) is 14.3 Å². The number of aliphatic hydroxyl groups is 3. The predicted octanol–water partition coefficient (Wildman–Crippen LogP) is 1.46. The largest absolute Gasteiger partial charge is 0.508 e. The van der Waals surface area contributed by atoms with E-state index in [1.54, 1.807) is 20.9 Å². The third-order valence-electron chi connectivity index (χ3n) is 12.7. The fourth-order valence-electron chi connectivity index (χ4n) is 8.47. The van der Waals surface area contributed by atoms with Crippen LogP contribution in [-0.2, 0) is 59.5 Å². The monoisotopic (exact) mass is 1020 g/mol. The van der Waals surface area contributed by atoms with Gasteiger partial charge in [-0.15, -0.1) is 5.10 Å². The number of methoxy groups -OCH3 is 1.